The van der Waals surface area contributed by atoms with Crippen molar-refractivity contribution >= 4 is 53.9 Å². The molecule has 0 spiro atoms. The van der Waals surface area contributed by atoms with E-state index in [1.807, 2.05) is 26.0 Å². The number of aliphatic carboxylic acids is 1. The fourth-order valence-corrected chi connectivity index (χ4v) is 7.53. The maximum Gasteiger partial charge on any atom is 0.320 e. The highest BCUT2D eigenvalue weighted by atomic mass is 16.5. The van der Waals surface area contributed by atoms with E-state index >= 15 is 0 Å². The Balaban J connectivity index is 1.76. The normalized spacial score (nSPS) is 25.2. The fraction of sp³-hybridized carbons (Fsp3) is 0.343. The first-order chi connectivity index (χ1) is 21.9. The average molecular weight is 627 g/mol. The highest BCUT2D eigenvalue weighted by Crippen LogP contribution is 2.42. The Morgan fingerprint density at radius 2 is 1.78 bits per heavy atom. The van der Waals surface area contributed by atoms with Gasteiger partial charge in [-0.05, 0) is 68.0 Å². The number of carboxylic acids is 1. The number of Topliss-reactive ketones (excluding diaryl/α,β-unsaturated/α-hetero) is 1. The molecule has 1 fully saturated rings. The van der Waals surface area contributed by atoms with Crippen LogP contribution in [0.2, 0.25) is 0 Å². The number of methoxy groups -OCH3 is 1. The van der Waals surface area contributed by atoms with E-state index in [4.69, 9.17) is 4.74 Å². The highest BCUT2D eigenvalue weighted by Gasteiger charge is 2.49. The number of ether oxygens (including phenoxy) is 1. The van der Waals surface area contributed by atoms with Crippen molar-refractivity contribution in [1.82, 2.24) is 20.3 Å². The average Bonchev–Trinajstić information content (AvgIpc) is 3.76. The number of carbonyl (C=O) groups excluding carboxylic acids is 2. The molecule has 5 heterocycles. The molecule has 0 radical (unpaired) electrons. The lowest BCUT2D eigenvalue weighted by atomic mass is 9.80. The van der Waals surface area contributed by atoms with Crippen molar-refractivity contribution in [2.24, 2.45) is 17.8 Å². The van der Waals surface area contributed by atoms with E-state index in [0.29, 0.717) is 55.6 Å². The molecule has 11 heteroatoms. The van der Waals surface area contributed by atoms with Crippen LogP contribution in [0.4, 0.5) is 0 Å². The Bertz CT molecular complexity index is 2110. The van der Waals surface area contributed by atoms with Gasteiger partial charge in [0.2, 0.25) is 0 Å². The lowest BCUT2D eigenvalue weighted by Gasteiger charge is -2.25. The number of hydrogen-bond acceptors (Lipinski definition) is 7. The Labute approximate surface area is 264 Å². The molecule has 1 saturated heterocycles. The minimum absolute atomic E-state index is 0.0806. The van der Waals surface area contributed by atoms with Crippen LogP contribution in [0.1, 0.15) is 82.5 Å². The Kier molecular flexibility index (Phi) is 7.68. The molecule has 240 valence electrons. The van der Waals surface area contributed by atoms with Gasteiger partial charge in [-0.15, -0.1) is 0 Å². The van der Waals surface area contributed by atoms with E-state index in [2.05, 4.69) is 26.8 Å². The van der Waals surface area contributed by atoms with Crippen LogP contribution >= 0.6 is 0 Å². The van der Waals surface area contributed by atoms with E-state index in [-0.39, 0.29) is 18.3 Å². The first-order valence-corrected chi connectivity index (χ1v) is 15.3. The van der Waals surface area contributed by atoms with Gasteiger partial charge in [0.05, 0.1) is 36.2 Å². The number of carbonyl (C=O) groups is 3. The summed E-state index contributed by atoms with van der Waals surface area (Å²) in [6.45, 7) is 11.4. The molecule has 6 rings (SSSR count). The molecule has 3 aromatic rings. The molecule has 3 aliphatic rings. The molecule has 2 aliphatic heterocycles. The van der Waals surface area contributed by atoms with Gasteiger partial charge in [-0.3, -0.25) is 14.4 Å². The van der Waals surface area contributed by atoms with Gasteiger partial charge in [0.1, 0.15) is 5.92 Å². The van der Waals surface area contributed by atoms with Gasteiger partial charge in [-0.25, -0.2) is 0 Å². The number of ketones is 1. The zero-order valence-electron chi connectivity index (χ0n) is 26.4. The first kappa shape index (κ1) is 31.0. The smallest absolute Gasteiger partial charge is 0.320 e. The topological polar surface area (TPSA) is 181 Å². The number of rotatable bonds is 6. The third-order valence-electron chi connectivity index (χ3n) is 9.88. The van der Waals surface area contributed by atoms with Crippen LogP contribution in [0.15, 0.2) is 12.3 Å². The number of allylic oxidation sites excluding steroid dienone is 1. The molecule has 7 N–H and O–H groups in total. The summed E-state index contributed by atoms with van der Waals surface area (Å²) in [7, 11) is 1.25. The molecule has 5 atom stereocenters. The lowest BCUT2D eigenvalue weighted by molar-refractivity contribution is -0.142. The third kappa shape index (κ3) is 4.65. The van der Waals surface area contributed by atoms with Crippen molar-refractivity contribution in [2.75, 3.05) is 7.11 Å². The number of aliphatic hydroxyl groups excluding tert-OH is 2. The minimum Gasteiger partial charge on any atom is -0.515 e. The summed E-state index contributed by atoms with van der Waals surface area (Å²) < 4.78 is 5.13. The second-order valence-electron chi connectivity index (χ2n) is 12.4. The maximum atomic E-state index is 14.0. The summed E-state index contributed by atoms with van der Waals surface area (Å²) >= 11 is 0. The molecule has 0 unspecified atom stereocenters. The van der Waals surface area contributed by atoms with E-state index in [1.165, 1.54) is 7.11 Å². The number of aromatic amines is 3. The second-order valence-corrected chi connectivity index (χ2v) is 12.4. The summed E-state index contributed by atoms with van der Waals surface area (Å²) in [6, 6.07) is -0.547. The van der Waals surface area contributed by atoms with Crippen LogP contribution in [0.5, 0.6) is 0 Å². The van der Waals surface area contributed by atoms with Crippen LogP contribution in [0.25, 0.3) is 36.1 Å². The van der Waals surface area contributed by atoms with Gasteiger partial charge in [-0.2, -0.15) is 0 Å². The Morgan fingerprint density at radius 3 is 2.41 bits per heavy atom. The molecule has 0 aromatic carbocycles. The minimum atomic E-state index is -1.20. The Morgan fingerprint density at radius 1 is 1.07 bits per heavy atom. The van der Waals surface area contributed by atoms with Gasteiger partial charge < -0.3 is 40.3 Å². The number of esters is 1. The van der Waals surface area contributed by atoms with Gasteiger partial charge in [0.25, 0.3) is 0 Å². The van der Waals surface area contributed by atoms with Crippen molar-refractivity contribution in [3.05, 3.63) is 78.4 Å². The van der Waals surface area contributed by atoms with Crippen LogP contribution in [-0.4, -0.2) is 61.1 Å². The molecular formula is C35H38N4O7. The molecule has 0 amide bonds. The summed E-state index contributed by atoms with van der Waals surface area (Å²) in [6.07, 6.45) is 7.60. The molecule has 8 bridgehead atoms. The predicted molar refractivity (Wildman–Crippen MR) is 173 cm³/mol. The molecule has 46 heavy (non-hydrogen) atoms. The lowest BCUT2D eigenvalue weighted by Crippen LogP contribution is -2.38. The van der Waals surface area contributed by atoms with Crippen LogP contribution in [-0.2, 0) is 14.3 Å². The number of nitrogens with one attached hydrogen (secondary N) is 4. The SMILES string of the molecule is C=Cc1c2[nH]c(c1C)/C=C1\N[C@H](C3=c4[nH]/c(c(C)c4C(=O)[C@@H]3C(=O)OC)=C\c3[nH]c(/c(=C\O)c3[C@H](C)O)=C\2)[C@@H](CCC(=O)O)[C@@H]1C. The number of fused-ring (bicyclic) bond motifs is 8. The largest absolute Gasteiger partial charge is 0.515 e. The fourth-order valence-electron chi connectivity index (χ4n) is 7.53. The Hall–Kier alpha value is -5.03. The first-order valence-electron chi connectivity index (χ1n) is 15.3. The molecule has 0 saturated carbocycles. The molecule has 3 aromatic heterocycles. The number of hydrogen-bond donors (Lipinski definition) is 7. The van der Waals surface area contributed by atoms with Gasteiger partial charge in [0, 0.05) is 62.4 Å². The zero-order valence-corrected chi connectivity index (χ0v) is 26.4. The van der Waals surface area contributed by atoms with Crippen LogP contribution in [0, 0.1) is 31.6 Å². The molecular weight excluding hydrogens is 588 g/mol. The molecule has 11 nitrogen and oxygen atoms in total. The number of carboxylic acid groups (broad SMARTS) is 1. The second kappa shape index (κ2) is 11.4. The summed E-state index contributed by atoms with van der Waals surface area (Å²) in [5.41, 5.74) is 6.60. The van der Waals surface area contributed by atoms with Gasteiger partial charge in [0.15, 0.2) is 5.78 Å². The van der Waals surface area contributed by atoms with Crippen molar-refractivity contribution in [1.29, 1.82) is 0 Å². The van der Waals surface area contributed by atoms with Crippen molar-refractivity contribution in [3.8, 4) is 0 Å². The van der Waals surface area contributed by atoms with E-state index in [0.717, 1.165) is 34.5 Å². The maximum absolute atomic E-state index is 14.0. The van der Waals surface area contributed by atoms with Crippen molar-refractivity contribution in [2.45, 2.75) is 52.7 Å². The number of aliphatic hydroxyl groups is 2. The quantitative estimate of drug-likeness (QED) is 0.159. The zero-order chi connectivity index (χ0) is 33.2. The van der Waals surface area contributed by atoms with Gasteiger partial charge >= 0.3 is 11.9 Å². The van der Waals surface area contributed by atoms with Crippen LogP contribution in [0.3, 0.4) is 0 Å². The van der Waals surface area contributed by atoms with Crippen molar-refractivity contribution < 1.29 is 34.4 Å². The monoisotopic (exact) mass is 626 g/mol. The van der Waals surface area contributed by atoms with E-state index in [9.17, 15) is 29.7 Å². The summed E-state index contributed by atoms with van der Waals surface area (Å²) in [5.74, 6) is -3.61. The number of H-pyrrole nitrogens is 3. The van der Waals surface area contributed by atoms with Gasteiger partial charge in [-0.1, -0.05) is 19.6 Å². The van der Waals surface area contributed by atoms with Crippen LogP contribution < -0.4 is 26.6 Å². The molecule has 1 aliphatic carbocycles. The predicted octanol–water partition coefficient (Wildman–Crippen LogP) is 1.52. The van der Waals surface area contributed by atoms with E-state index < -0.39 is 35.8 Å². The third-order valence-corrected chi connectivity index (χ3v) is 9.88. The highest BCUT2D eigenvalue weighted by molar-refractivity contribution is 6.19. The standard InChI is InChI=1S/C35H38N4O7/c1-7-18-14(2)21-10-22-15(3)19(8-9-27(42)43)32(38-22)30-31(35(45)46-6)34(44)28-16(4)23(39-33(28)30)11-26-29(17(5)41)20(13-40)25(37-26)12-24(18)36-21/h7,10-13,15,17,19,31-32,36-41H,1,8-9H2,2-6H3,(H,42,43)/b20-13+,22-10-,23-11-,25-12-/t15-,17-,19-,31+,32-/m0/s1. The summed E-state index contributed by atoms with van der Waals surface area (Å²) in [5, 5.41) is 36.4. The number of aromatic nitrogens is 3. The van der Waals surface area contributed by atoms with E-state index in [1.54, 1.807) is 26.0 Å². The van der Waals surface area contributed by atoms with Crippen molar-refractivity contribution in [3.63, 3.8) is 0 Å². The summed E-state index contributed by atoms with van der Waals surface area (Å²) in [4.78, 5) is 49.3.